The van der Waals surface area contributed by atoms with E-state index >= 15 is 0 Å². The van der Waals surface area contributed by atoms with Crippen molar-refractivity contribution in [1.29, 1.82) is 0 Å². The molecule has 152 valence electrons. The van der Waals surface area contributed by atoms with Crippen LogP contribution in [0.4, 0.5) is 11.5 Å². The number of thiophene rings is 1. The number of carbonyl (C=O) groups is 1. The SMILES string of the molecule is CN(CCC(=O)Nc1cc(Cl)ccc1O)c1ncnc2sc(-c3ccccc3)cc12. The zero-order valence-corrected chi connectivity index (χ0v) is 17.7. The number of amides is 1. The summed E-state index contributed by atoms with van der Waals surface area (Å²) in [6.45, 7) is 0.454. The number of fused-ring (bicyclic) bond motifs is 1. The average molecular weight is 439 g/mol. The second kappa shape index (κ2) is 8.69. The van der Waals surface area contributed by atoms with Crippen molar-refractivity contribution in [2.24, 2.45) is 0 Å². The van der Waals surface area contributed by atoms with Crippen LogP contribution in [0.15, 0.2) is 60.9 Å². The van der Waals surface area contributed by atoms with Crippen molar-refractivity contribution in [1.82, 2.24) is 9.97 Å². The van der Waals surface area contributed by atoms with Gasteiger partial charge in [-0.2, -0.15) is 0 Å². The summed E-state index contributed by atoms with van der Waals surface area (Å²) >= 11 is 7.54. The molecule has 4 rings (SSSR count). The first-order valence-corrected chi connectivity index (χ1v) is 10.5. The van der Waals surface area contributed by atoms with E-state index < -0.39 is 0 Å². The molecule has 0 spiro atoms. The largest absolute Gasteiger partial charge is 0.506 e. The first-order chi connectivity index (χ1) is 14.5. The van der Waals surface area contributed by atoms with Gasteiger partial charge < -0.3 is 15.3 Å². The van der Waals surface area contributed by atoms with Gasteiger partial charge in [-0.1, -0.05) is 41.9 Å². The number of benzene rings is 2. The molecular weight excluding hydrogens is 420 g/mol. The van der Waals surface area contributed by atoms with E-state index in [2.05, 4.69) is 33.5 Å². The number of aromatic hydroxyl groups is 1. The number of carbonyl (C=O) groups excluding carboxylic acids is 1. The molecular formula is C22H19ClN4O2S. The predicted octanol–water partition coefficient (Wildman–Crippen LogP) is 5.18. The number of aromatic nitrogens is 2. The van der Waals surface area contributed by atoms with Crippen molar-refractivity contribution in [3.63, 3.8) is 0 Å². The molecule has 0 saturated heterocycles. The summed E-state index contributed by atoms with van der Waals surface area (Å²) in [4.78, 5) is 25.1. The van der Waals surface area contributed by atoms with Crippen LogP contribution in [0.5, 0.6) is 5.75 Å². The summed E-state index contributed by atoms with van der Waals surface area (Å²) in [6, 6.07) is 16.8. The maximum atomic E-state index is 12.3. The summed E-state index contributed by atoms with van der Waals surface area (Å²) in [7, 11) is 1.89. The van der Waals surface area contributed by atoms with Gasteiger partial charge in [-0.25, -0.2) is 9.97 Å². The van der Waals surface area contributed by atoms with E-state index in [1.54, 1.807) is 23.7 Å². The van der Waals surface area contributed by atoms with Gasteiger partial charge in [-0.15, -0.1) is 11.3 Å². The third kappa shape index (κ3) is 4.37. The lowest BCUT2D eigenvalue weighted by atomic mass is 10.2. The summed E-state index contributed by atoms with van der Waals surface area (Å²) in [6.07, 6.45) is 1.77. The Morgan fingerprint density at radius 2 is 1.97 bits per heavy atom. The van der Waals surface area contributed by atoms with Crippen molar-refractivity contribution in [3.8, 4) is 16.2 Å². The quantitative estimate of drug-likeness (QED) is 0.405. The Morgan fingerprint density at radius 3 is 2.77 bits per heavy atom. The lowest BCUT2D eigenvalue weighted by Gasteiger charge is -2.18. The molecule has 1 amide bonds. The van der Waals surface area contributed by atoms with Gasteiger partial charge in [0.25, 0.3) is 0 Å². The normalized spacial score (nSPS) is 10.9. The Morgan fingerprint density at radius 1 is 1.17 bits per heavy atom. The number of hydrogen-bond donors (Lipinski definition) is 2. The lowest BCUT2D eigenvalue weighted by Crippen LogP contribution is -2.24. The van der Waals surface area contributed by atoms with Crippen LogP contribution < -0.4 is 10.2 Å². The lowest BCUT2D eigenvalue weighted by molar-refractivity contribution is -0.116. The fraction of sp³-hybridized carbons (Fsp3) is 0.136. The zero-order chi connectivity index (χ0) is 21.1. The molecule has 2 aromatic carbocycles. The fourth-order valence-electron chi connectivity index (χ4n) is 3.09. The zero-order valence-electron chi connectivity index (χ0n) is 16.2. The van der Waals surface area contributed by atoms with Gasteiger partial charge in [0.15, 0.2) is 0 Å². The third-order valence-electron chi connectivity index (χ3n) is 4.64. The minimum Gasteiger partial charge on any atom is -0.506 e. The Kier molecular flexibility index (Phi) is 5.83. The summed E-state index contributed by atoms with van der Waals surface area (Å²) in [5.41, 5.74) is 1.43. The molecule has 2 N–H and O–H groups in total. The molecule has 6 nitrogen and oxygen atoms in total. The predicted molar refractivity (Wildman–Crippen MR) is 122 cm³/mol. The standard InChI is InChI=1S/C22H19ClN4O2S/c1-27(10-9-20(29)26-17-11-15(23)7-8-18(17)28)21-16-12-19(14-5-3-2-4-6-14)30-22(16)25-13-24-21/h2-8,11-13,28H,9-10H2,1H3,(H,26,29). The first-order valence-electron chi connectivity index (χ1n) is 9.31. The minimum absolute atomic E-state index is 0.0228. The topological polar surface area (TPSA) is 78.4 Å². The first kappa shape index (κ1) is 20.1. The number of halogens is 1. The van der Waals surface area contributed by atoms with Gasteiger partial charge in [0.2, 0.25) is 5.91 Å². The Bertz CT molecular complexity index is 1200. The third-order valence-corrected chi connectivity index (χ3v) is 5.96. The van der Waals surface area contributed by atoms with Crippen LogP contribution in [0, 0.1) is 0 Å². The maximum absolute atomic E-state index is 12.3. The summed E-state index contributed by atoms with van der Waals surface area (Å²) < 4.78 is 0. The molecule has 0 aliphatic rings. The second-order valence-corrected chi connectivity index (χ2v) is 8.24. The van der Waals surface area contributed by atoms with Gasteiger partial charge in [0.1, 0.15) is 22.7 Å². The Hall–Kier alpha value is -3.16. The molecule has 2 aromatic heterocycles. The molecule has 0 atom stereocenters. The molecule has 8 heteroatoms. The smallest absolute Gasteiger partial charge is 0.226 e. The van der Waals surface area contributed by atoms with Crippen molar-refractivity contribution in [3.05, 3.63) is 65.9 Å². The number of phenols is 1. The molecule has 4 aromatic rings. The molecule has 0 aliphatic heterocycles. The van der Waals surface area contributed by atoms with Crippen LogP contribution in [0.1, 0.15) is 6.42 Å². The number of anilines is 2. The average Bonchev–Trinajstić information content (AvgIpc) is 3.20. The minimum atomic E-state index is -0.222. The van der Waals surface area contributed by atoms with Gasteiger partial charge in [0.05, 0.1) is 11.1 Å². The summed E-state index contributed by atoms with van der Waals surface area (Å²) in [5.74, 6) is 0.530. The number of rotatable bonds is 6. The highest BCUT2D eigenvalue weighted by Crippen LogP contribution is 2.35. The Balaban J connectivity index is 1.48. The number of nitrogens with zero attached hydrogens (tertiary/aromatic N) is 3. The van der Waals surface area contributed by atoms with Crippen LogP contribution in [0.25, 0.3) is 20.7 Å². The molecule has 0 fully saturated rings. The maximum Gasteiger partial charge on any atom is 0.226 e. The van der Waals surface area contributed by atoms with E-state index in [1.807, 2.05) is 30.1 Å². The second-order valence-electron chi connectivity index (χ2n) is 6.77. The van der Waals surface area contributed by atoms with E-state index in [1.165, 1.54) is 12.1 Å². The molecule has 0 radical (unpaired) electrons. The number of phenolic OH excluding ortho intramolecular Hbond substituents is 1. The van der Waals surface area contributed by atoms with Gasteiger partial charge >= 0.3 is 0 Å². The van der Waals surface area contributed by atoms with E-state index in [4.69, 9.17) is 11.6 Å². The molecule has 30 heavy (non-hydrogen) atoms. The number of nitrogens with one attached hydrogen (secondary N) is 1. The van der Waals surface area contributed by atoms with Crippen LogP contribution in [-0.2, 0) is 4.79 Å². The fourth-order valence-corrected chi connectivity index (χ4v) is 4.26. The molecule has 0 aliphatic carbocycles. The summed E-state index contributed by atoms with van der Waals surface area (Å²) in [5, 5.41) is 13.9. The van der Waals surface area contributed by atoms with E-state index in [0.717, 1.165) is 26.5 Å². The van der Waals surface area contributed by atoms with E-state index in [0.29, 0.717) is 17.3 Å². The van der Waals surface area contributed by atoms with Crippen molar-refractivity contribution in [2.75, 3.05) is 23.8 Å². The Labute approximate surface area is 182 Å². The van der Waals surface area contributed by atoms with Crippen LogP contribution in [-0.4, -0.2) is 34.6 Å². The van der Waals surface area contributed by atoms with E-state index in [-0.39, 0.29) is 18.1 Å². The highest BCUT2D eigenvalue weighted by Gasteiger charge is 2.15. The number of hydrogen-bond acceptors (Lipinski definition) is 6. The van der Waals surface area contributed by atoms with Crippen molar-refractivity contribution < 1.29 is 9.90 Å². The van der Waals surface area contributed by atoms with Crippen LogP contribution in [0.3, 0.4) is 0 Å². The molecule has 2 heterocycles. The van der Waals surface area contributed by atoms with Crippen molar-refractivity contribution in [2.45, 2.75) is 6.42 Å². The van der Waals surface area contributed by atoms with E-state index in [9.17, 15) is 9.90 Å². The molecule has 0 saturated carbocycles. The van der Waals surface area contributed by atoms with Gasteiger partial charge in [-0.3, -0.25) is 4.79 Å². The molecule has 0 unspecified atom stereocenters. The van der Waals surface area contributed by atoms with Crippen molar-refractivity contribution >= 4 is 50.6 Å². The highest BCUT2D eigenvalue weighted by molar-refractivity contribution is 7.21. The highest BCUT2D eigenvalue weighted by atomic mass is 35.5. The van der Waals surface area contributed by atoms with Gasteiger partial charge in [-0.05, 0) is 29.8 Å². The monoisotopic (exact) mass is 438 g/mol. The molecule has 0 bridgehead atoms. The van der Waals surface area contributed by atoms with Crippen LogP contribution >= 0.6 is 22.9 Å². The van der Waals surface area contributed by atoms with Crippen LogP contribution in [0.2, 0.25) is 5.02 Å². The van der Waals surface area contributed by atoms with Gasteiger partial charge in [0, 0.05) is 29.9 Å².